The molecule has 0 aliphatic heterocycles. The molecule has 5 nitrogen and oxygen atoms in total. The van der Waals surface area contributed by atoms with Crippen LogP contribution in [0.3, 0.4) is 0 Å². The number of thiazole rings is 1. The molecule has 0 radical (unpaired) electrons. The lowest BCUT2D eigenvalue weighted by molar-refractivity contribution is -0.147. The second-order valence-electron chi connectivity index (χ2n) is 4.93. The number of nitrogens with zero attached hydrogens (tertiary/aromatic N) is 1. The van der Waals surface area contributed by atoms with Gasteiger partial charge in [-0.05, 0) is 18.6 Å². The van der Waals surface area contributed by atoms with Gasteiger partial charge in [0.25, 0.3) is 5.91 Å². The highest BCUT2D eigenvalue weighted by atomic mass is 35.5. The molecule has 0 bridgehead atoms. The number of carbonyl (C=O) groups excluding carboxylic acids is 2. The maximum absolute atomic E-state index is 11.8. The minimum atomic E-state index is -0.510. The van der Waals surface area contributed by atoms with E-state index in [1.807, 2.05) is 6.92 Å². The molecule has 8 heteroatoms. The lowest BCUT2D eigenvalue weighted by Crippen LogP contribution is -2.29. The Balaban J connectivity index is 1.94. The van der Waals surface area contributed by atoms with E-state index >= 15 is 0 Å². The summed E-state index contributed by atoms with van der Waals surface area (Å²) < 4.78 is 4.93. The van der Waals surface area contributed by atoms with E-state index in [0.717, 1.165) is 6.42 Å². The topological polar surface area (TPSA) is 68.3 Å². The molecule has 2 rings (SSSR count). The van der Waals surface area contributed by atoms with Crippen molar-refractivity contribution in [3.63, 3.8) is 0 Å². The Morgan fingerprint density at radius 1 is 1.29 bits per heavy atom. The third-order valence-corrected chi connectivity index (χ3v) is 4.53. The summed E-state index contributed by atoms with van der Waals surface area (Å²) >= 11 is 13.6. The molecule has 0 fully saturated rings. The Labute approximate surface area is 153 Å². The molecule has 24 heavy (non-hydrogen) atoms. The fourth-order valence-electron chi connectivity index (χ4n) is 1.87. The van der Waals surface area contributed by atoms with Crippen LogP contribution in [0.1, 0.15) is 19.0 Å². The summed E-state index contributed by atoms with van der Waals surface area (Å²) in [7, 11) is 0. The highest BCUT2D eigenvalue weighted by Gasteiger charge is 2.15. The zero-order chi connectivity index (χ0) is 17.5. The Hall–Kier alpha value is -1.63. The zero-order valence-electron chi connectivity index (χ0n) is 13.0. The molecule has 0 spiro atoms. The van der Waals surface area contributed by atoms with Gasteiger partial charge in [-0.25, -0.2) is 4.98 Å². The maximum atomic E-state index is 11.8. The summed E-state index contributed by atoms with van der Waals surface area (Å²) in [4.78, 5) is 27.5. The number of hydrogen-bond donors (Lipinski definition) is 1. The van der Waals surface area contributed by atoms with Crippen molar-refractivity contribution in [2.45, 2.75) is 19.8 Å². The van der Waals surface area contributed by atoms with E-state index in [0.29, 0.717) is 32.9 Å². The minimum Gasteiger partial charge on any atom is -0.455 e. The predicted octanol–water partition coefficient (Wildman–Crippen LogP) is 3.73. The monoisotopic (exact) mass is 386 g/mol. The average Bonchev–Trinajstić information content (AvgIpc) is 2.98. The Kier molecular flexibility index (Phi) is 7.02. The number of nitrogens with one attached hydrogen (secondary N) is 1. The highest BCUT2D eigenvalue weighted by molar-refractivity contribution is 7.13. The highest BCUT2D eigenvalue weighted by Crippen LogP contribution is 2.36. The van der Waals surface area contributed by atoms with Crippen molar-refractivity contribution < 1.29 is 14.3 Å². The van der Waals surface area contributed by atoms with Gasteiger partial charge in [-0.2, -0.15) is 0 Å². The normalized spacial score (nSPS) is 10.5. The predicted molar refractivity (Wildman–Crippen MR) is 95.5 cm³/mol. The van der Waals surface area contributed by atoms with Crippen LogP contribution in [-0.2, 0) is 20.7 Å². The molecular weight excluding hydrogens is 371 g/mol. The van der Waals surface area contributed by atoms with Crippen LogP contribution in [0, 0.1) is 0 Å². The fourth-order valence-corrected chi connectivity index (χ4v) is 3.45. The molecule has 1 N–H and O–H groups in total. The third-order valence-electron chi connectivity index (χ3n) is 2.99. The number of esters is 1. The first-order valence-corrected chi connectivity index (χ1v) is 8.96. The van der Waals surface area contributed by atoms with Gasteiger partial charge < -0.3 is 10.1 Å². The van der Waals surface area contributed by atoms with Crippen LogP contribution < -0.4 is 5.32 Å². The van der Waals surface area contributed by atoms with E-state index in [1.54, 1.807) is 23.6 Å². The van der Waals surface area contributed by atoms with Crippen molar-refractivity contribution in [1.29, 1.82) is 0 Å². The molecule has 0 unspecified atom stereocenters. The van der Waals surface area contributed by atoms with Gasteiger partial charge in [0.05, 0.1) is 22.2 Å². The molecule has 0 saturated carbocycles. The summed E-state index contributed by atoms with van der Waals surface area (Å²) in [6, 6.07) is 5.21. The van der Waals surface area contributed by atoms with E-state index in [9.17, 15) is 9.59 Å². The standard InChI is InChI=1S/C16H16Cl2N2O3S/c1-2-6-19-13(21)8-23-14(22)7-10-9-24-16(20-10)15-11(17)4-3-5-12(15)18/h3-5,9H,2,6-8H2,1H3,(H,19,21). The summed E-state index contributed by atoms with van der Waals surface area (Å²) in [6.07, 6.45) is 0.811. The smallest absolute Gasteiger partial charge is 0.312 e. The van der Waals surface area contributed by atoms with Gasteiger partial charge >= 0.3 is 5.97 Å². The summed E-state index contributed by atoms with van der Waals surface area (Å²) in [5, 5.41) is 6.00. The lowest BCUT2D eigenvalue weighted by atomic mass is 10.2. The van der Waals surface area contributed by atoms with Crippen LogP contribution in [0.25, 0.3) is 10.6 Å². The molecule has 0 aliphatic rings. The van der Waals surface area contributed by atoms with Gasteiger partial charge in [0, 0.05) is 17.5 Å². The Morgan fingerprint density at radius 3 is 2.67 bits per heavy atom. The second kappa shape index (κ2) is 9.01. The van der Waals surface area contributed by atoms with Gasteiger partial charge in [0.2, 0.25) is 0 Å². The van der Waals surface area contributed by atoms with Crippen LogP contribution >= 0.6 is 34.5 Å². The molecule has 128 valence electrons. The molecule has 1 aromatic heterocycles. The zero-order valence-corrected chi connectivity index (χ0v) is 15.3. The molecule has 0 saturated heterocycles. The number of aromatic nitrogens is 1. The molecule has 1 aromatic carbocycles. The molecule has 1 heterocycles. The average molecular weight is 387 g/mol. The number of hydrogen-bond acceptors (Lipinski definition) is 5. The van der Waals surface area contributed by atoms with E-state index in [2.05, 4.69) is 10.3 Å². The first-order chi connectivity index (χ1) is 11.5. The molecule has 2 aromatic rings. The van der Waals surface area contributed by atoms with Crippen LogP contribution in [0.15, 0.2) is 23.6 Å². The first-order valence-electron chi connectivity index (χ1n) is 7.32. The van der Waals surface area contributed by atoms with Crippen molar-refractivity contribution >= 4 is 46.4 Å². The van der Waals surface area contributed by atoms with Crippen molar-refractivity contribution in [2.75, 3.05) is 13.2 Å². The first kappa shape index (κ1) is 18.7. The number of benzene rings is 1. The van der Waals surface area contributed by atoms with Gasteiger partial charge in [0.15, 0.2) is 6.61 Å². The number of amides is 1. The third kappa shape index (κ3) is 5.19. The van der Waals surface area contributed by atoms with Crippen LogP contribution in [0.5, 0.6) is 0 Å². The molecule has 1 amide bonds. The molecule has 0 atom stereocenters. The summed E-state index contributed by atoms with van der Waals surface area (Å²) in [5.74, 6) is -0.823. The SMILES string of the molecule is CCCNC(=O)COC(=O)Cc1csc(-c2c(Cl)cccc2Cl)n1. The van der Waals surface area contributed by atoms with Gasteiger partial charge in [-0.15, -0.1) is 11.3 Å². The van der Waals surface area contributed by atoms with Gasteiger partial charge in [0.1, 0.15) is 5.01 Å². The summed E-state index contributed by atoms with van der Waals surface area (Å²) in [5.41, 5.74) is 1.19. The van der Waals surface area contributed by atoms with Crippen LogP contribution in [0.2, 0.25) is 10.0 Å². The number of halogens is 2. The lowest BCUT2D eigenvalue weighted by Gasteiger charge is -2.05. The van der Waals surface area contributed by atoms with Crippen molar-refractivity contribution in [2.24, 2.45) is 0 Å². The number of rotatable bonds is 7. The Bertz CT molecular complexity index is 714. The van der Waals surface area contributed by atoms with Crippen molar-refractivity contribution in [3.8, 4) is 10.6 Å². The molecular formula is C16H16Cl2N2O3S. The van der Waals surface area contributed by atoms with Gasteiger partial charge in [-0.3, -0.25) is 9.59 Å². The van der Waals surface area contributed by atoms with Crippen LogP contribution in [0.4, 0.5) is 0 Å². The second-order valence-corrected chi connectivity index (χ2v) is 6.60. The van der Waals surface area contributed by atoms with E-state index < -0.39 is 5.97 Å². The Morgan fingerprint density at radius 2 is 2.00 bits per heavy atom. The fraction of sp³-hybridized carbons (Fsp3) is 0.312. The minimum absolute atomic E-state index is 0.0143. The van der Waals surface area contributed by atoms with E-state index in [1.165, 1.54) is 11.3 Å². The quantitative estimate of drug-likeness (QED) is 0.736. The van der Waals surface area contributed by atoms with Crippen molar-refractivity contribution in [1.82, 2.24) is 10.3 Å². The van der Waals surface area contributed by atoms with Crippen molar-refractivity contribution in [3.05, 3.63) is 39.3 Å². The summed E-state index contributed by atoms with van der Waals surface area (Å²) in [6.45, 7) is 2.22. The molecule has 0 aliphatic carbocycles. The van der Waals surface area contributed by atoms with E-state index in [-0.39, 0.29) is 18.9 Å². The van der Waals surface area contributed by atoms with Crippen LogP contribution in [-0.4, -0.2) is 30.0 Å². The largest absolute Gasteiger partial charge is 0.455 e. The van der Waals surface area contributed by atoms with E-state index in [4.69, 9.17) is 27.9 Å². The number of carbonyl (C=O) groups is 2. The number of ether oxygens (including phenoxy) is 1. The maximum Gasteiger partial charge on any atom is 0.312 e. The van der Waals surface area contributed by atoms with Gasteiger partial charge in [-0.1, -0.05) is 36.2 Å².